The molecule has 146 valence electrons. The summed E-state index contributed by atoms with van der Waals surface area (Å²) in [4.78, 5) is 14.5. The van der Waals surface area contributed by atoms with Crippen LogP contribution in [0.1, 0.15) is 51.3 Å². The van der Waals surface area contributed by atoms with Crippen LogP contribution in [0.2, 0.25) is 0 Å². The lowest BCUT2D eigenvalue weighted by Crippen LogP contribution is -2.49. The number of anilines is 1. The van der Waals surface area contributed by atoms with Crippen molar-refractivity contribution in [2.45, 2.75) is 52.6 Å². The van der Waals surface area contributed by atoms with Crippen LogP contribution in [0, 0.1) is 0 Å². The predicted molar refractivity (Wildman–Crippen MR) is 118 cm³/mol. The Labute approximate surface area is 168 Å². The Hall–Kier alpha value is -2.88. The second-order valence-corrected chi connectivity index (χ2v) is 8.18. The molecule has 4 heteroatoms. The Morgan fingerprint density at radius 1 is 1.18 bits per heavy atom. The van der Waals surface area contributed by atoms with E-state index in [1.807, 2.05) is 30.3 Å². The van der Waals surface area contributed by atoms with E-state index >= 15 is 0 Å². The molecule has 0 aliphatic carbocycles. The molecule has 3 rings (SSSR count). The minimum atomic E-state index is -0.121. The first-order valence-electron chi connectivity index (χ1n) is 9.77. The van der Waals surface area contributed by atoms with Crippen molar-refractivity contribution in [1.82, 2.24) is 5.43 Å². The lowest BCUT2D eigenvalue weighted by Gasteiger charge is -2.46. The number of hydrogen-bond donors (Lipinski definition) is 1. The monoisotopic (exact) mass is 375 g/mol. The van der Waals surface area contributed by atoms with Gasteiger partial charge in [0.25, 0.3) is 0 Å². The first-order valence-corrected chi connectivity index (χ1v) is 9.77. The molecule has 0 radical (unpaired) electrons. The molecule has 0 bridgehead atoms. The quantitative estimate of drug-likeness (QED) is 0.603. The van der Waals surface area contributed by atoms with Gasteiger partial charge in [-0.1, -0.05) is 42.5 Å². The minimum Gasteiger partial charge on any atom is -0.360 e. The number of carbonyl (C=O) groups is 1. The summed E-state index contributed by atoms with van der Waals surface area (Å²) in [6.45, 7) is 11.1. The van der Waals surface area contributed by atoms with Gasteiger partial charge in [-0.2, -0.15) is 5.10 Å². The van der Waals surface area contributed by atoms with E-state index < -0.39 is 0 Å². The van der Waals surface area contributed by atoms with Crippen LogP contribution < -0.4 is 10.3 Å². The Morgan fingerprint density at radius 2 is 1.89 bits per heavy atom. The van der Waals surface area contributed by atoms with Crippen LogP contribution >= 0.6 is 0 Å². The van der Waals surface area contributed by atoms with Crippen molar-refractivity contribution in [3.05, 3.63) is 71.3 Å². The van der Waals surface area contributed by atoms with E-state index in [1.54, 1.807) is 6.21 Å². The van der Waals surface area contributed by atoms with Gasteiger partial charge in [0, 0.05) is 17.3 Å². The summed E-state index contributed by atoms with van der Waals surface area (Å²) in [5.41, 5.74) is 8.26. The molecular weight excluding hydrogens is 346 g/mol. The van der Waals surface area contributed by atoms with Crippen LogP contribution in [0.5, 0.6) is 0 Å². The average Bonchev–Trinajstić information content (AvgIpc) is 2.62. The van der Waals surface area contributed by atoms with Gasteiger partial charge in [0.15, 0.2) is 0 Å². The Kier molecular flexibility index (Phi) is 5.68. The number of fused-ring (bicyclic) bond motifs is 1. The number of nitrogens with one attached hydrogen (secondary N) is 1. The van der Waals surface area contributed by atoms with Crippen LogP contribution in [0.15, 0.2) is 59.7 Å². The van der Waals surface area contributed by atoms with Crippen molar-refractivity contribution in [2.24, 2.45) is 5.10 Å². The summed E-state index contributed by atoms with van der Waals surface area (Å²) < 4.78 is 0. The fraction of sp³-hybridized carbons (Fsp3) is 0.333. The molecule has 0 saturated heterocycles. The molecule has 0 saturated carbocycles. The highest BCUT2D eigenvalue weighted by Gasteiger charge is 2.32. The Bertz CT molecular complexity index is 911. The highest BCUT2D eigenvalue weighted by atomic mass is 16.2. The molecule has 28 heavy (non-hydrogen) atoms. The maximum Gasteiger partial charge on any atom is 0.244 e. The molecule has 0 atom stereocenters. The van der Waals surface area contributed by atoms with Crippen molar-refractivity contribution < 1.29 is 4.79 Å². The molecule has 0 spiro atoms. The van der Waals surface area contributed by atoms with Gasteiger partial charge in [-0.05, 0) is 63.5 Å². The fourth-order valence-electron chi connectivity index (χ4n) is 4.09. The summed E-state index contributed by atoms with van der Waals surface area (Å²) >= 11 is 0. The molecule has 1 heterocycles. The number of hydrogen-bond acceptors (Lipinski definition) is 3. The third-order valence-electron chi connectivity index (χ3n) is 5.02. The van der Waals surface area contributed by atoms with Gasteiger partial charge in [0.1, 0.15) is 0 Å². The molecular formula is C24H29N3O. The molecule has 2 aromatic carbocycles. The van der Waals surface area contributed by atoms with Crippen molar-refractivity contribution in [2.75, 3.05) is 4.90 Å². The summed E-state index contributed by atoms with van der Waals surface area (Å²) in [6, 6.07) is 16.4. The highest BCUT2D eigenvalue weighted by molar-refractivity contribution is 5.88. The van der Waals surface area contributed by atoms with Crippen LogP contribution in [-0.2, 0) is 11.2 Å². The standard InChI is InChI=1S/C24H29N3O/c1-17(2)27-22-12-11-20(13-21(22)18(3)15-24(27,4)5)16-25-26-23(28)14-19-9-7-6-8-10-19/h6-13,15-17H,14H2,1-5H3,(H,26,28)/b25-16-. The number of allylic oxidation sites excluding steroid dienone is 1. The molecule has 0 fully saturated rings. The first kappa shape index (κ1) is 19.9. The molecule has 4 nitrogen and oxygen atoms in total. The number of benzene rings is 2. The SMILES string of the molecule is CC1=CC(C)(C)N(C(C)C)c2ccc(/C=N\NC(=O)Cc3ccccc3)cc21. The van der Waals surface area contributed by atoms with E-state index in [9.17, 15) is 4.79 Å². The number of nitrogens with zero attached hydrogens (tertiary/aromatic N) is 2. The van der Waals surface area contributed by atoms with Crippen molar-refractivity contribution in [3.8, 4) is 0 Å². The summed E-state index contributed by atoms with van der Waals surface area (Å²) in [5, 5.41) is 4.14. The normalized spacial score (nSPS) is 15.5. The average molecular weight is 376 g/mol. The zero-order valence-electron chi connectivity index (χ0n) is 17.4. The van der Waals surface area contributed by atoms with Crippen LogP contribution in [0.4, 0.5) is 5.69 Å². The van der Waals surface area contributed by atoms with Crippen molar-refractivity contribution in [1.29, 1.82) is 0 Å². The second kappa shape index (κ2) is 8.01. The van der Waals surface area contributed by atoms with Gasteiger partial charge in [0.05, 0.1) is 18.2 Å². The molecule has 1 aliphatic heterocycles. The van der Waals surface area contributed by atoms with Gasteiger partial charge in [-0.15, -0.1) is 0 Å². The van der Waals surface area contributed by atoms with Gasteiger partial charge in [-0.3, -0.25) is 4.79 Å². The lowest BCUT2D eigenvalue weighted by molar-refractivity contribution is -0.120. The Morgan fingerprint density at radius 3 is 2.57 bits per heavy atom. The largest absolute Gasteiger partial charge is 0.360 e. The third-order valence-corrected chi connectivity index (χ3v) is 5.02. The fourth-order valence-corrected chi connectivity index (χ4v) is 4.09. The van der Waals surface area contributed by atoms with Gasteiger partial charge in [-0.25, -0.2) is 5.43 Å². The van der Waals surface area contributed by atoms with Crippen LogP contribution in [0.3, 0.4) is 0 Å². The molecule has 1 aliphatic rings. The summed E-state index contributed by atoms with van der Waals surface area (Å²) in [5.74, 6) is -0.121. The Balaban J connectivity index is 1.74. The van der Waals surface area contributed by atoms with Crippen molar-refractivity contribution in [3.63, 3.8) is 0 Å². The van der Waals surface area contributed by atoms with Crippen LogP contribution in [0.25, 0.3) is 5.57 Å². The first-order chi connectivity index (χ1) is 13.3. The highest BCUT2D eigenvalue weighted by Crippen LogP contribution is 2.40. The zero-order valence-corrected chi connectivity index (χ0v) is 17.4. The van der Waals surface area contributed by atoms with E-state index in [0.29, 0.717) is 12.5 Å². The topological polar surface area (TPSA) is 44.7 Å². The van der Waals surface area contributed by atoms with Crippen LogP contribution in [-0.4, -0.2) is 23.7 Å². The molecule has 2 aromatic rings. The minimum absolute atomic E-state index is 0.0216. The lowest BCUT2D eigenvalue weighted by atomic mass is 9.87. The number of rotatable bonds is 5. The molecule has 1 N–H and O–H groups in total. The van der Waals surface area contributed by atoms with E-state index in [0.717, 1.165) is 11.1 Å². The number of hydrazone groups is 1. The zero-order chi connectivity index (χ0) is 20.3. The maximum atomic E-state index is 12.0. The van der Waals surface area contributed by atoms with E-state index in [2.05, 4.69) is 74.3 Å². The maximum absolute atomic E-state index is 12.0. The van der Waals surface area contributed by atoms with Gasteiger partial charge in [0.2, 0.25) is 5.91 Å². The van der Waals surface area contributed by atoms with E-state index in [1.165, 1.54) is 16.8 Å². The number of carbonyl (C=O) groups excluding carboxylic acids is 1. The third kappa shape index (κ3) is 4.33. The summed E-state index contributed by atoms with van der Waals surface area (Å²) in [6.07, 6.45) is 4.34. The van der Waals surface area contributed by atoms with Gasteiger partial charge < -0.3 is 4.90 Å². The second-order valence-electron chi connectivity index (χ2n) is 8.18. The van der Waals surface area contributed by atoms with E-state index in [-0.39, 0.29) is 11.4 Å². The molecule has 0 unspecified atom stereocenters. The molecule has 1 amide bonds. The smallest absolute Gasteiger partial charge is 0.244 e. The van der Waals surface area contributed by atoms with Crippen molar-refractivity contribution >= 4 is 23.4 Å². The molecule has 0 aromatic heterocycles. The van der Waals surface area contributed by atoms with Gasteiger partial charge >= 0.3 is 0 Å². The summed E-state index contributed by atoms with van der Waals surface area (Å²) in [7, 11) is 0. The number of amides is 1. The predicted octanol–water partition coefficient (Wildman–Crippen LogP) is 4.79. The van der Waals surface area contributed by atoms with E-state index in [4.69, 9.17) is 0 Å².